The summed E-state index contributed by atoms with van der Waals surface area (Å²) in [6, 6.07) is 3.11. The highest BCUT2D eigenvalue weighted by Crippen LogP contribution is 2.27. The Bertz CT molecular complexity index is 371. The molecule has 0 spiro atoms. The van der Waals surface area contributed by atoms with Crippen molar-refractivity contribution in [1.82, 2.24) is 4.98 Å². The van der Waals surface area contributed by atoms with Crippen molar-refractivity contribution in [2.24, 2.45) is 5.41 Å². The van der Waals surface area contributed by atoms with E-state index in [4.69, 9.17) is 11.6 Å². The van der Waals surface area contributed by atoms with Gasteiger partial charge in [-0.3, -0.25) is 15.1 Å². The van der Waals surface area contributed by atoms with E-state index in [0.29, 0.717) is 6.42 Å². The fourth-order valence-corrected chi connectivity index (χ4v) is 1.29. The van der Waals surface area contributed by atoms with Gasteiger partial charge >= 0.3 is 0 Å². The molecule has 1 aromatic heterocycles. The van der Waals surface area contributed by atoms with Gasteiger partial charge < -0.3 is 0 Å². The second-order valence-corrected chi connectivity index (χ2v) is 5.33. The molecule has 0 aliphatic heterocycles. The Morgan fingerprint density at radius 2 is 2.12 bits per heavy atom. The highest BCUT2D eigenvalue weighted by molar-refractivity contribution is 6.21. The van der Waals surface area contributed by atoms with Gasteiger partial charge in [0.25, 0.3) is 5.69 Å². The van der Waals surface area contributed by atoms with E-state index < -0.39 is 4.92 Å². The summed E-state index contributed by atoms with van der Waals surface area (Å²) in [6.45, 7) is 6.15. The van der Waals surface area contributed by atoms with E-state index in [2.05, 4.69) is 25.8 Å². The van der Waals surface area contributed by atoms with Crippen LogP contribution in [0.5, 0.6) is 0 Å². The van der Waals surface area contributed by atoms with E-state index in [9.17, 15) is 10.1 Å². The summed E-state index contributed by atoms with van der Waals surface area (Å²) in [5.74, 6) is 0. The monoisotopic (exact) mass is 242 g/mol. The van der Waals surface area contributed by atoms with Crippen molar-refractivity contribution in [2.45, 2.75) is 32.6 Å². The Morgan fingerprint density at radius 1 is 1.50 bits per heavy atom. The first-order valence-corrected chi connectivity index (χ1v) is 5.48. The summed E-state index contributed by atoms with van der Waals surface area (Å²) >= 11 is 6.22. The SMILES string of the molecule is CC(C)(C)C(Cl)Cc1ccc([N+](=O)[O-])cn1. The zero-order valence-electron chi connectivity index (χ0n) is 9.61. The van der Waals surface area contributed by atoms with Crippen LogP contribution in [0.25, 0.3) is 0 Å². The highest BCUT2D eigenvalue weighted by Gasteiger charge is 2.23. The minimum Gasteiger partial charge on any atom is -0.258 e. The molecule has 1 unspecified atom stereocenters. The highest BCUT2D eigenvalue weighted by atomic mass is 35.5. The number of aromatic nitrogens is 1. The molecule has 1 aromatic rings. The third kappa shape index (κ3) is 3.45. The van der Waals surface area contributed by atoms with Gasteiger partial charge in [0.2, 0.25) is 0 Å². The van der Waals surface area contributed by atoms with Crippen molar-refractivity contribution in [2.75, 3.05) is 0 Å². The number of pyridine rings is 1. The van der Waals surface area contributed by atoms with Crippen LogP contribution in [-0.2, 0) is 6.42 Å². The zero-order valence-corrected chi connectivity index (χ0v) is 10.4. The van der Waals surface area contributed by atoms with Gasteiger partial charge in [-0.1, -0.05) is 20.8 Å². The van der Waals surface area contributed by atoms with Gasteiger partial charge in [0, 0.05) is 23.6 Å². The lowest BCUT2D eigenvalue weighted by atomic mass is 9.89. The van der Waals surface area contributed by atoms with Gasteiger partial charge in [0.15, 0.2) is 0 Å². The van der Waals surface area contributed by atoms with Crippen molar-refractivity contribution >= 4 is 17.3 Å². The molecule has 1 rings (SSSR count). The van der Waals surface area contributed by atoms with E-state index >= 15 is 0 Å². The molecule has 0 bridgehead atoms. The second kappa shape index (κ2) is 4.78. The fraction of sp³-hybridized carbons (Fsp3) is 0.545. The number of hydrogen-bond donors (Lipinski definition) is 0. The average molecular weight is 243 g/mol. The van der Waals surface area contributed by atoms with E-state index in [-0.39, 0.29) is 16.5 Å². The topological polar surface area (TPSA) is 56.0 Å². The van der Waals surface area contributed by atoms with Crippen LogP contribution in [0, 0.1) is 15.5 Å². The molecule has 0 radical (unpaired) electrons. The van der Waals surface area contributed by atoms with E-state index in [0.717, 1.165) is 5.69 Å². The molecule has 1 heterocycles. The first-order valence-electron chi connectivity index (χ1n) is 5.04. The molecule has 5 heteroatoms. The number of halogens is 1. The van der Waals surface area contributed by atoms with Gasteiger partial charge in [-0.25, -0.2) is 0 Å². The molecule has 4 nitrogen and oxygen atoms in total. The van der Waals surface area contributed by atoms with Crippen LogP contribution in [0.4, 0.5) is 5.69 Å². The normalized spacial score (nSPS) is 13.5. The van der Waals surface area contributed by atoms with Gasteiger partial charge in [0.05, 0.1) is 4.92 Å². The van der Waals surface area contributed by atoms with Crippen molar-refractivity contribution in [3.05, 3.63) is 34.1 Å². The van der Waals surface area contributed by atoms with Crippen LogP contribution < -0.4 is 0 Å². The van der Waals surface area contributed by atoms with E-state index in [1.165, 1.54) is 12.3 Å². The third-order valence-corrected chi connectivity index (χ3v) is 3.16. The molecule has 0 aromatic carbocycles. The molecule has 0 amide bonds. The molecule has 0 fully saturated rings. The molecule has 0 N–H and O–H groups in total. The number of hydrogen-bond acceptors (Lipinski definition) is 3. The Morgan fingerprint density at radius 3 is 2.50 bits per heavy atom. The van der Waals surface area contributed by atoms with E-state index in [1.807, 2.05) is 0 Å². The molecule has 0 aliphatic rings. The molecule has 88 valence electrons. The van der Waals surface area contributed by atoms with Crippen molar-refractivity contribution < 1.29 is 4.92 Å². The van der Waals surface area contributed by atoms with Crippen LogP contribution in [0.1, 0.15) is 26.5 Å². The standard InChI is InChI=1S/C11H15ClN2O2/c1-11(2,3)10(12)6-8-4-5-9(7-13-8)14(15)16/h4-5,7,10H,6H2,1-3H3. The lowest BCUT2D eigenvalue weighted by Gasteiger charge is -2.24. The maximum absolute atomic E-state index is 10.4. The Kier molecular flexibility index (Phi) is 3.86. The Balaban J connectivity index is 2.73. The fourth-order valence-electron chi connectivity index (χ4n) is 1.14. The number of alkyl halides is 1. The largest absolute Gasteiger partial charge is 0.287 e. The summed E-state index contributed by atoms with van der Waals surface area (Å²) in [7, 11) is 0. The molecule has 16 heavy (non-hydrogen) atoms. The van der Waals surface area contributed by atoms with Crippen LogP contribution in [-0.4, -0.2) is 15.3 Å². The van der Waals surface area contributed by atoms with E-state index in [1.54, 1.807) is 6.07 Å². The minimum absolute atomic E-state index is 0.00521. The minimum atomic E-state index is -0.460. The number of rotatable bonds is 3. The van der Waals surface area contributed by atoms with Gasteiger partial charge in [-0.2, -0.15) is 0 Å². The van der Waals surface area contributed by atoms with Crippen LogP contribution in [0.2, 0.25) is 0 Å². The van der Waals surface area contributed by atoms with Gasteiger partial charge in [-0.15, -0.1) is 11.6 Å². The molecule has 0 saturated carbocycles. The number of nitrogens with zero attached hydrogens (tertiary/aromatic N) is 2. The average Bonchev–Trinajstić information content (AvgIpc) is 2.17. The third-order valence-electron chi connectivity index (χ3n) is 2.35. The molecule has 1 atom stereocenters. The lowest BCUT2D eigenvalue weighted by molar-refractivity contribution is -0.385. The van der Waals surface area contributed by atoms with Crippen LogP contribution >= 0.6 is 11.6 Å². The molecule has 0 aliphatic carbocycles. The van der Waals surface area contributed by atoms with Crippen LogP contribution in [0.3, 0.4) is 0 Å². The van der Waals surface area contributed by atoms with Crippen molar-refractivity contribution in [1.29, 1.82) is 0 Å². The van der Waals surface area contributed by atoms with Crippen molar-refractivity contribution in [3.63, 3.8) is 0 Å². The maximum atomic E-state index is 10.4. The summed E-state index contributed by atoms with van der Waals surface area (Å²) < 4.78 is 0. The smallest absolute Gasteiger partial charge is 0.258 e. The molecular weight excluding hydrogens is 228 g/mol. The number of nitro groups is 1. The summed E-state index contributed by atoms with van der Waals surface area (Å²) in [6.07, 6.45) is 1.88. The Hall–Kier alpha value is -1.16. The second-order valence-electron chi connectivity index (χ2n) is 4.80. The molecular formula is C11H15ClN2O2. The Labute approximate surface area is 99.8 Å². The first-order chi connectivity index (χ1) is 7.30. The van der Waals surface area contributed by atoms with Gasteiger partial charge in [-0.05, 0) is 11.5 Å². The van der Waals surface area contributed by atoms with Gasteiger partial charge in [0.1, 0.15) is 6.20 Å². The van der Waals surface area contributed by atoms with Crippen molar-refractivity contribution in [3.8, 4) is 0 Å². The maximum Gasteiger partial charge on any atom is 0.287 e. The summed E-state index contributed by atoms with van der Waals surface area (Å²) in [4.78, 5) is 14.0. The quantitative estimate of drug-likeness (QED) is 0.465. The zero-order chi connectivity index (χ0) is 12.3. The summed E-state index contributed by atoms with van der Waals surface area (Å²) in [5.41, 5.74) is 0.775. The lowest BCUT2D eigenvalue weighted by Crippen LogP contribution is -2.23. The summed E-state index contributed by atoms with van der Waals surface area (Å²) in [5, 5.41) is 10.4. The molecule has 0 saturated heterocycles. The predicted octanol–water partition coefficient (Wildman–Crippen LogP) is 3.19. The first kappa shape index (κ1) is 12.9. The predicted molar refractivity (Wildman–Crippen MR) is 63.7 cm³/mol. The van der Waals surface area contributed by atoms with Crippen LogP contribution in [0.15, 0.2) is 18.3 Å².